The molecular formula is C23H30BrN3O3. The summed E-state index contributed by atoms with van der Waals surface area (Å²) in [5, 5.41) is 16.9. The van der Waals surface area contributed by atoms with Crippen molar-refractivity contribution in [3.05, 3.63) is 58.6 Å². The van der Waals surface area contributed by atoms with Crippen molar-refractivity contribution < 1.29 is 14.6 Å². The quantitative estimate of drug-likeness (QED) is 0.518. The van der Waals surface area contributed by atoms with Crippen molar-refractivity contribution in [2.45, 2.75) is 38.5 Å². The Labute approximate surface area is 186 Å². The topological polar surface area (TPSA) is 73.8 Å². The summed E-state index contributed by atoms with van der Waals surface area (Å²) in [5.74, 6) is 0.409. The molecule has 1 unspecified atom stereocenters. The molecule has 0 bridgehead atoms. The SMILES string of the molecule is CC(=O)Nc1ccccc1OCC(O)CN(Cc1ccc(Br)cc1)C1CCNCC1. The third kappa shape index (κ3) is 7.09. The third-order valence-electron chi connectivity index (χ3n) is 5.20. The van der Waals surface area contributed by atoms with E-state index in [1.807, 2.05) is 12.1 Å². The van der Waals surface area contributed by atoms with E-state index in [4.69, 9.17) is 4.74 Å². The second-order valence-corrected chi connectivity index (χ2v) is 8.59. The van der Waals surface area contributed by atoms with Crippen LogP contribution in [-0.2, 0) is 11.3 Å². The van der Waals surface area contributed by atoms with Crippen molar-refractivity contribution in [3.8, 4) is 5.75 Å². The van der Waals surface area contributed by atoms with Gasteiger partial charge in [0.2, 0.25) is 5.91 Å². The van der Waals surface area contributed by atoms with Crippen molar-refractivity contribution in [3.63, 3.8) is 0 Å². The lowest BCUT2D eigenvalue weighted by Crippen LogP contribution is -2.46. The molecule has 7 heteroatoms. The van der Waals surface area contributed by atoms with Crippen LogP contribution in [0.5, 0.6) is 5.75 Å². The average molecular weight is 476 g/mol. The molecule has 0 aliphatic carbocycles. The number of piperidine rings is 1. The maximum Gasteiger partial charge on any atom is 0.221 e. The minimum Gasteiger partial charge on any atom is -0.489 e. The number of nitrogens with one attached hydrogen (secondary N) is 2. The molecular weight excluding hydrogens is 446 g/mol. The normalized spacial score (nSPS) is 15.7. The van der Waals surface area contributed by atoms with Gasteiger partial charge in [-0.25, -0.2) is 0 Å². The molecule has 162 valence electrons. The second-order valence-electron chi connectivity index (χ2n) is 7.68. The van der Waals surface area contributed by atoms with Gasteiger partial charge in [0.15, 0.2) is 0 Å². The first-order valence-electron chi connectivity index (χ1n) is 10.4. The number of halogens is 1. The summed E-state index contributed by atoms with van der Waals surface area (Å²) in [6.45, 7) is 4.94. The average Bonchev–Trinajstić information content (AvgIpc) is 2.74. The van der Waals surface area contributed by atoms with Crippen LogP contribution in [0.25, 0.3) is 0 Å². The van der Waals surface area contributed by atoms with Crippen LogP contribution in [0.3, 0.4) is 0 Å². The molecule has 0 spiro atoms. The molecule has 1 saturated heterocycles. The molecule has 1 aliphatic rings. The van der Waals surface area contributed by atoms with Gasteiger partial charge in [0.05, 0.1) is 5.69 Å². The van der Waals surface area contributed by atoms with Gasteiger partial charge in [-0.15, -0.1) is 0 Å². The molecule has 1 aliphatic heterocycles. The Kier molecular flexibility index (Phi) is 8.69. The first kappa shape index (κ1) is 22.7. The van der Waals surface area contributed by atoms with Gasteiger partial charge in [0.1, 0.15) is 18.5 Å². The Hall–Kier alpha value is -1.93. The number of benzene rings is 2. The predicted molar refractivity (Wildman–Crippen MR) is 123 cm³/mol. The molecule has 0 saturated carbocycles. The number of rotatable bonds is 9. The van der Waals surface area contributed by atoms with Gasteiger partial charge in [0.25, 0.3) is 0 Å². The van der Waals surface area contributed by atoms with Crippen molar-refractivity contribution in [1.29, 1.82) is 0 Å². The number of carbonyl (C=O) groups excluding carboxylic acids is 1. The smallest absolute Gasteiger partial charge is 0.221 e. The third-order valence-corrected chi connectivity index (χ3v) is 5.73. The number of ether oxygens (including phenoxy) is 1. The van der Waals surface area contributed by atoms with E-state index in [0.717, 1.165) is 36.9 Å². The molecule has 2 aromatic carbocycles. The lowest BCUT2D eigenvalue weighted by molar-refractivity contribution is -0.114. The molecule has 1 atom stereocenters. The minimum absolute atomic E-state index is 0.154. The minimum atomic E-state index is -0.638. The zero-order valence-corrected chi connectivity index (χ0v) is 18.9. The second kappa shape index (κ2) is 11.5. The van der Waals surface area contributed by atoms with Crippen LogP contribution in [0.2, 0.25) is 0 Å². The van der Waals surface area contributed by atoms with Crippen LogP contribution in [0, 0.1) is 0 Å². The molecule has 0 aromatic heterocycles. The number of aliphatic hydroxyl groups is 1. The van der Waals surface area contributed by atoms with Gasteiger partial charge in [-0.3, -0.25) is 9.69 Å². The zero-order chi connectivity index (χ0) is 21.3. The van der Waals surface area contributed by atoms with Crippen LogP contribution in [0.1, 0.15) is 25.3 Å². The lowest BCUT2D eigenvalue weighted by Gasteiger charge is -2.36. The van der Waals surface area contributed by atoms with E-state index in [1.165, 1.54) is 12.5 Å². The van der Waals surface area contributed by atoms with Crippen LogP contribution in [-0.4, -0.2) is 54.3 Å². The summed E-state index contributed by atoms with van der Waals surface area (Å²) in [7, 11) is 0. The Balaban J connectivity index is 1.62. The summed E-state index contributed by atoms with van der Waals surface area (Å²) >= 11 is 3.49. The van der Waals surface area contributed by atoms with Crippen molar-refractivity contribution in [2.24, 2.45) is 0 Å². The van der Waals surface area contributed by atoms with Gasteiger partial charge in [-0.2, -0.15) is 0 Å². The monoisotopic (exact) mass is 475 g/mol. The first-order chi connectivity index (χ1) is 14.5. The Bertz CT molecular complexity index is 810. The van der Waals surface area contributed by atoms with E-state index in [1.54, 1.807) is 12.1 Å². The lowest BCUT2D eigenvalue weighted by atomic mass is 10.0. The number of anilines is 1. The molecule has 6 nitrogen and oxygen atoms in total. The van der Waals surface area contributed by atoms with E-state index < -0.39 is 6.10 Å². The maximum atomic E-state index is 11.4. The summed E-state index contributed by atoms with van der Waals surface area (Å²) in [6, 6.07) is 16.0. The number of para-hydroxylation sites is 2. The largest absolute Gasteiger partial charge is 0.489 e. The van der Waals surface area contributed by atoms with Crippen molar-refractivity contribution >= 4 is 27.5 Å². The first-order valence-corrected chi connectivity index (χ1v) is 11.2. The molecule has 1 fully saturated rings. The standard InChI is InChI=1S/C23H30BrN3O3/c1-17(28)26-22-4-2-3-5-23(22)30-16-21(29)15-27(20-10-12-25-13-11-20)14-18-6-8-19(24)9-7-18/h2-9,20-21,25,29H,10-16H2,1H3,(H,26,28). The van der Waals surface area contributed by atoms with Crippen molar-refractivity contribution in [1.82, 2.24) is 10.2 Å². The van der Waals surface area contributed by atoms with Gasteiger partial charge in [0, 0.05) is 30.5 Å². The molecule has 1 heterocycles. The molecule has 2 aromatic rings. The number of hydrogen-bond donors (Lipinski definition) is 3. The van der Waals surface area contributed by atoms with Crippen LogP contribution >= 0.6 is 15.9 Å². The Morgan fingerprint density at radius 2 is 1.93 bits per heavy atom. The fourth-order valence-corrected chi connectivity index (χ4v) is 4.00. The molecule has 3 rings (SSSR count). The van der Waals surface area contributed by atoms with Crippen LogP contribution < -0.4 is 15.4 Å². The zero-order valence-electron chi connectivity index (χ0n) is 17.3. The highest BCUT2D eigenvalue weighted by molar-refractivity contribution is 9.10. The van der Waals surface area contributed by atoms with Crippen LogP contribution in [0.4, 0.5) is 5.69 Å². The number of aliphatic hydroxyl groups excluding tert-OH is 1. The molecule has 1 amide bonds. The Morgan fingerprint density at radius 1 is 1.23 bits per heavy atom. The Morgan fingerprint density at radius 3 is 2.63 bits per heavy atom. The summed E-state index contributed by atoms with van der Waals surface area (Å²) in [6.07, 6.45) is 1.49. The van der Waals surface area contributed by atoms with E-state index >= 15 is 0 Å². The highest BCUT2D eigenvalue weighted by Crippen LogP contribution is 2.24. The molecule has 3 N–H and O–H groups in total. The van der Waals surface area contributed by atoms with Gasteiger partial charge >= 0.3 is 0 Å². The van der Waals surface area contributed by atoms with Crippen molar-refractivity contribution in [2.75, 3.05) is 31.6 Å². The molecule has 30 heavy (non-hydrogen) atoms. The van der Waals surface area contributed by atoms with E-state index in [2.05, 4.69) is 55.7 Å². The number of nitrogens with zero attached hydrogens (tertiary/aromatic N) is 1. The predicted octanol–water partition coefficient (Wildman–Crippen LogP) is 3.40. The van der Waals surface area contributed by atoms with Crippen LogP contribution in [0.15, 0.2) is 53.0 Å². The highest BCUT2D eigenvalue weighted by atomic mass is 79.9. The number of amides is 1. The summed E-state index contributed by atoms with van der Waals surface area (Å²) in [4.78, 5) is 13.7. The fourth-order valence-electron chi connectivity index (χ4n) is 3.73. The van der Waals surface area contributed by atoms with E-state index in [-0.39, 0.29) is 12.5 Å². The fraction of sp³-hybridized carbons (Fsp3) is 0.435. The number of carbonyl (C=O) groups is 1. The van der Waals surface area contributed by atoms with E-state index in [9.17, 15) is 9.90 Å². The van der Waals surface area contributed by atoms with Gasteiger partial charge in [-0.05, 0) is 55.8 Å². The maximum absolute atomic E-state index is 11.4. The summed E-state index contributed by atoms with van der Waals surface area (Å²) in [5.41, 5.74) is 1.84. The van der Waals surface area contributed by atoms with Gasteiger partial charge < -0.3 is 20.5 Å². The summed E-state index contributed by atoms with van der Waals surface area (Å²) < 4.78 is 6.91. The number of hydrogen-bond acceptors (Lipinski definition) is 5. The van der Waals surface area contributed by atoms with E-state index in [0.29, 0.717) is 24.0 Å². The highest BCUT2D eigenvalue weighted by Gasteiger charge is 2.24. The van der Waals surface area contributed by atoms with Gasteiger partial charge in [-0.1, -0.05) is 40.2 Å². The molecule has 0 radical (unpaired) electrons.